The Balaban J connectivity index is 2.12. The number of rotatable bonds is 2. The molecule has 3 rings (SSSR count). The van der Waals surface area contributed by atoms with Gasteiger partial charge in [0.2, 0.25) is 10.0 Å². The molecule has 2 aliphatic rings. The average molecular weight is 237 g/mol. The molecular weight excluding hydrogens is 222 g/mol. The molecule has 1 aromatic carbocycles. The summed E-state index contributed by atoms with van der Waals surface area (Å²) in [6.45, 7) is 1.72. The monoisotopic (exact) mass is 237 g/mol. The van der Waals surface area contributed by atoms with Crippen LogP contribution in [0.5, 0.6) is 0 Å². The first-order valence-electron chi connectivity index (χ1n) is 5.75. The molecule has 16 heavy (non-hydrogen) atoms. The lowest BCUT2D eigenvalue weighted by Gasteiger charge is -2.20. The molecule has 0 amide bonds. The van der Waals surface area contributed by atoms with Gasteiger partial charge in [-0.05, 0) is 30.9 Å². The standard InChI is InChI=1S/C12H15NO2S/c1-2-16(14,15)13-11-7-8-12(13)10-6-4-3-5-9(10)11/h3-6,11-12H,2,7-8H2,1H3. The van der Waals surface area contributed by atoms with Gasteiger partial charge in [-0.2, -0.15) is 4.31 Å². The molecule has 2 unspecified atom stereocenters. The van der Waals surface area contributed by atoms with Crippen LogP contribution in [0.4, 0.5) is 0 Å². The molecule has 0 spiro atoms. The van der Waals surface area contributed by atoms with E-state index < -0.39 is 10.0 Å². The minimum atomic E-state index is -3.07. The van der Waals surface area contributed by atoms with Crippen molar-refractivity contribution in [3.63, 3.8) is 0 Å². The van der Waals surface area contributed by atoms with Gasteiger partial charge in [-0.25, -0.2) is 8.42 Å². The number of nitrogens with zero attached hydrogens (tertiary/aromatic N) is 1. The Morgan fingerprint density at radius 1 is 1.19 bits per heavy atom. The lowest BCUT2D eigenvalue weighted by molar-refractivity contribution is 0.366. The Hall–Kier alpha value is -0.870. The third kappa shape index (κ3) is 1.20. The summed E-state index contributed by atoms with van der Waals surface area (Å²) in [7, 11) is -3.07. The minimum Gasteiger partial charge on any atom is -0.212 e. The molecule has 86 valence electrons. The van der Waals surface area contributed by atoms with Crippen molar-refractivity contribution in [3.8, 4) is 0 Å². The molecule has 2 aliphatic heterocycles. The second-order valence-corrected chi connectivity index (χ2v) is 6.63. The van der Waals surface area contributed by atoms with Gasteiger partial charge in [0.1, 0.15) is 0 Å². The van der Waals surface area contributed by atoms with Crippen LogP contribution < -0.4 is 0 Å². The predicted octanol–water partition coefficient (Wildman–Crippen LogP) is 2.23. The highest BCUT2D eigenvalue weighted by Crippen LogP contribution is 2.54. The third-order valence-corrected chi connectivity index (χ3v) is 5.61. The van der Waals surface area contributed by atoms with Crippen molar-refractivity contribution in [1.29, 1.82) is 0 Å². The smallest absolute Gasteiger partial charge is 0.212 e. The summed E-state index contributed by atoms with van der Waals surface area (Å²) >= 11 is 0. The zero-order valence-electron chi connectivity index (χ0n) is 9.26. The number of benzene rings is 1. The molecule has 3 nitrogen and oxygen atoms in total. The van der Waals surface area contributed by atoms with E-state index in [0.717, 1.165) is 12.8 Å². The van der Waals surface area contributed by atoms with Crippen molar-refractivity contribution in [2.75, 3.05) is 5.75 Å². The van der Waals surface area contributed by atoms with E-state index in [9.17, 15) is 8.42 Å². The molecule has 1 aromatic rings. The molecule has 1 fully saturated rings. The van der Waals surface area contributed by atoms with Gasteiger partial charge >= 0.3 is 0 Å². The Morgan fingerprint density at radius 3 is 2.12 bits per heavy atom. The van der Waals surface area contributed by atoms with Crippen LogP contribution in [0.15, 0.2) is 24.3 Å². The maximum absolute atomic E-state index is 12.1. The quantitative estimate of drug-likeness (QED) is 0.791. The topological polar surface area (TPSA) is 37.4 Å². The van der Waals surface area contributed by atoms with E-state index in [2.05, 4.69) is 12.1 Å². The summed E-state index contributed by atoms with van der Waals surface area (Å²) in [5, 5.41) is 0. The maximum Gasteiger partial charge on any atom is 0.214 e. The summed E-state index contributed by atoms with van der Waals surface area (Å²) in [4.78, 5) is 0. The van der Waals surface area contributed by atoms with Crippen molar-refractivity contribution >= 4 is 10.0 Å². The number of hydrogen-bond acceptors (Lipinski definition) is 2. The average Bonchev–Trinajstić information content (AvgIpc) is 2.86. The number of sulfonamides is 1. The first-order valence-corrected chi connectivity index (χ1v) is 7.36. The largest absolute Gasteiger partial charge is 0.214 e. The molecule has 4 heteroatoms. The lowest BCUT2D eigenvalue weighted by atomic mass is 9.92. The third-order valence-electron chi connectivity index (χ3n) is 3.73. The molecular formula is C12H15NO2S. The highest BCUT2D eigenvalue weighted by Gasteiger charge is 2.48. The Bertz CT molecular complexity index is 493. The molecule has 0 N–H and O–H groups in total. The Kier molecular flexibility index (Phi) is 2.13. The second-order valence-electron chi connectivity index (χ2n) is 4.47. The Labute approximate surface area is 96.1 Å². The van der Waals surface area contributed by atoms with Gasteiger partial charge in [-0.3, -0.25) is 0 Å². The van der Waals surface area contributed by atoms with E-state index in [-0.39, 0.29) is 17.8 Å². The van der Waals surface area contributed by atoms with Crippen LogP contribution in [0, 0.1) is 0 Å². The molecule has 2 heterocycles. The van der Waals surface area contributed by atoms with Gasteiger partial charge in [-0.1, -0.05) is 24.3 Å². The first-order chi connectivity index (χ1) is 7.65. The van der Waals surface area contributed by atoms with Gasteiger partial charge in [0.05, 0.1) is 17.8 Å². The van der Waals surface area contributed by atoms with E-state index in [0.29, 0.717) is 0 Å². The molecule has 0 aromatic heterocycles. The van der Waals surface area contributed by atoms with Crippen LogP contribution in [0.2, 0.25) is 0 Å². The van der Waals surface area contributed by atoms with E-state index in [4.69, 9.17) is 0 Å². The fourth-order valence-electron chi connectivity index (χ4n) is 3.03. The zero-order chi connectivity index (χ0) is 11.3. The van der Waals surface area contributed by atoms with Crippen LogP contribution in [0.1, 0.15) is 43.0 Å². The van der Waals surface area contributed by atoms with Crippen molar-refractivity contribution < 1.29 is 8.42 Å². The van der Waals surface area contributed by atoms with Crippen molar-refractivity contribution in [1.82, 2.24) is 4.31 Å². The first kappa shape index (κ1) is 10.3. The minimum absolute atomic E-state index is 0.103. The van der Waals surface area contributed by atoms with E-state index >= 15 is 0 Å². The summed E-state index contributed by atoms with van der Waals surface area (Å²) in [6, 6.07) is 8.33. The summed E-state index contributed by atoms with van der Waals surface area (Å²) < 4.78 is 25.8. The van der Waals surface area contributed by atoms with Crippen LogP contribution >= 0.6 is 0 Å². The van der Waals surface area contributed by atoms with Gasteiger partial charge < -0.3 is 0 Å². The SMILES string of the molecule is CCS(=O)(=O)N1C2CCC1c1ccccc12. The molecule has 2 atom stereocenters. The van der Waals surface area contributed by atoms with Crippen LogP contribution in [0.3, 0.4) is 0 Å². The highest BCUT2D eigenvalue weighted by molar-refractivity contribution is 7.89. The van der Waals surface area contributed by atoms with E-state index in [1.54, 1.807) is 11.2 Å². The molecule has 1 saturated heterocycles. The second kappa shape index (κ2) is 3.31. The number of hydrogen-bond donors (Lipinski definition) is 0. The van der Waals surface area contributed by atoms with Gasteiger partial charge in [-0.15, -0.1) is 0 Å². The molecule has 0 aliphatic carbocycles. The molecule has 2 bridgehead atoms. The highest BCUT2D eigenvalue weighted by atomic mass is 32.2. The van der Waals surface area contributed by atoms with Crippen molar-refractivity contribution in [2.24, 2.45) is 0 Å². The summed E-state index contributed by atoms with van der Waals surface area (Å²) in [6.07, 6.45) is 1.95. The zero-order valence-corrected chi connectivity index (χ0v) is 10.1. The number of fused-ring (bicyclic) bond motifs is 5. The van der Waals surface area contributed by atoms with Crippen LogP contribution in [0.25, 0.3) is 0 Å². The molecule has 0 saturated carbocycles. The van der Waals surface area contributed by atoms with E-state index in [1.165, 1.54) is 11.1 Å². The fourth-order valence-corrected chi connectivity index (χ4v) is 4.54. The maximum atomic E-state index is 12.1. The normalized spacial score (nSPS) is 28.3. The summed E-state index contributed by atoms with van der Waals surface area (Å²) in [5.41, 5.74) is 2.44. The Morgan fingerprint density at radius 2 is 1.69 bits per heavy atom. The van der Waals surface area contributed by atoms with Crippen LogP contribution in [-0.2, 0) is 10.0 Å². The lowest BCUT2D eigenvalue weighted by Crippen LogP contribution is -2.29. The fraction of sp³-hybridized carbons (Fsp3) is 0.500. The van der Waals surface area contributed by atoms with Gasteiger partial charge in [0, 0.05) is 0 Å². The van der Waals surface area contributed by atoms with E-state index in [1.807, 2.05) is 12.1 Å². The van der Waals surface area contributed by atoms with Crippen LogP contribution in [-0.4, -0.2) is 18.5 Å². The van der Waals surface area contributed by atoms with Gasteiger partial charge in [0.15, 0.2) is 0 Å². The summed E-state index contributed by atoms with van der Waals surface area (Å²) in [5.74, 6) is 0.202. The van der Waals surface area contributed by atoms with Gasteiger partial charge in [0.25, 0.3) is 0 Å². The van der Waals surface area contributed by atoms with Crippen molar-refractivity contribution in [2.45, 2.75) is 31.8 Å². The van der Waals surface area contributed by atoms with Crippen molar-refractivity contribution in [3.05, 3.63) is 35.4 Å². The molecule has 0 radical (unpaired) electrons. The predicted molar refractivity (Wildman–Crippen MR) is 62.5 cm³/mol.